The number of piperidine rings is 2. The van der Waals surface area contributed by atoms with Gasteiger partial charge in [0.2, 0.25) is 5.91 Å². The van der Waals surface area contributed by atoms with Gasteiger partial charge in [-0.3, -0.25) is 9.59 Å². The molecule has 2 aliphatic heterocycles. The van der Waals surface area contributed by atoms with Crippen LogP contribution in [-0.2, 0) is 11.2 Å². The molecule has 2 aliphatic rings. The molecule has 0 saturated carbocycles. The number of thiophene rings is 1. The molecule has 2 saturated heterocycles. The monoisotopic (exact) mass is 362 g/mol. The summed E-state index contributed by atoms with van der Waals surface area (Å²) >= 11 is 1.62. The molecule has 138 valence electrons. The summed E-state index contributed by atoms with van der Waals surface area (Å²) in [6, 6.07) is 2.08. The molecule has 1 aromatic heterocycles. The Balaban J connectivity index is 1.55. The smallest absolute Gasteiger partial charge is 0.263 e. The minimum atomic E-state index is 0.114. The van der Waals surface area contributed by atoms with E-state index in [1.165, 1.54) is 16.9 Å². The average Bonchev–Trinajstić information content (AvgIpc) is 3.02. The number of likely N-dealkylation sites (tertiary alicyclic amines) is 2. The summed E-state index contributed by atoms with van der Waals surface area (Å²) in [6.45, 7) is 7.55. The Hall–Kier alpha value is -1.36. The minimum Gasteiger partial charge on any atom is -0.342 e. The molecule has 4 nitrogen and oxygen atoms in total. The van der Waals surface area contributed by atoms with Crippen molar-refractivity contribution in [3.63, 3.8) is 0 Å². The first-order chi connectivity index (χ1) is 12.1. The van der Waals surface area contributed by atoms with Gasteiger partial charge < -0.3 is 9.80 Å². The molecule has 3 rings (SSSR count). The lowest BCUT2D eigenvalue weighted by Crippen LogP contribution is -2.45. The molecule has 0 N–H and O–H groups in total. The zero-order valence-electron chi connectivity index (χ0n) is 15.6. The van der Waals surface area contributed by atoms with Gasteiger partial charge in [-0.2, -0.15) is 0 Å². The summed E-state index contributed by atoms with van der Waals surface area (Å²) in [6.07, 6.45) is 7.30. The van der Waals surface area contributed by atoms with Gasteiger partial charge in [-0.1, -0.05) is 13.3 Å². The van der Waals surface area contributed by atoms with Crippen molar-refractivity contribution in [1.82, 2.24) is 9.80 Å². The number of nitrogens with zero attached hydrogens (tertiary/aromatic N) is 2. The Kier molecular flexibility index (Phi) is 6.15. The number of amides is 2. The summed E-state index contributed by atoms with van der Waals surface area (Å²) in [4.78, 5) is 31.6. The summed E-state index contributed by atoms with van der Waals surface area (Å²) in [5.41, 5.74) is 1.31. The predicted octanol–water partition coefficient (Wildman–Crippen LogP) is 3.87. The van der Waals surface area contributed by atoms with Crippen molar-refractivity contribution >= 4 is 23.2 Å². The second-order valence-electron chi connectivity index (χ2n) is 7.39. The molecule has 2 amide bonds. The van der Waals surface area contributed by atoms with Crippen LogP contribution in [0.5, 0.6) is 0 Å². The van der Waals surface area contributed by atoms with E-state index in [1.807, 2.05) is 9.80 Å². The maximum Gasteiger partial charge on any atom is 0.263 e. The normalized spacial score (nSPS) is 19.3. The fraction of sp³-hybridized carbons (Fsp3) is 0.700. The lowest BCUT2D eigenvalue weighted by atomic mass is 9.94. The summed E-state index contributed by atoms with van der Waals surface area (Å²) < 4.78 is 0. The molecule has 3 heterocycles. The van der Waals surface area contributed by atoms with E-state index >= 15 is 0 Å². The molecular formula is C20H30N2O2S. The molecule has 0 bridgehead atoms. The fourth-order valence-corrected chi connectivity index (χ4v) is 5.04. The van der Waals surface area contributed by atoms with Crippen LogP contribution in [0.15, 0.2) is 6.07 Å². The van der Waals surface area contributed by atoms with E-state index in [0.717, 1.165) is 56.5 Å². The second kappa shape index (κ2) is 8.35. The molecule has 5 heteroatoms. The van der Waals surface area contributed by atoms with E-state index in [2.05, 4.69) is 19.9 Å². The van der Waals surface area contributed by atoms with E-state index in [1.54, 1.807) is 11.3 Å². The van der Waals surface area contributed by atoms with Crippen LogP contribution in [0.25, 0.3) is 0 Å². The van der Waals surface area contributed by atoms with E-state index in [-0.39, 0.29) is 11.8 Å². The van der Waals surface area contributed by atoms with E-state index in [0.29, 0.717) is 19.0 Å². The average molecular weight is 363 g/mol. The highest BCUT2D eigenvalue weighted by Crippen LogP contribution is 2.27. The highest BCUT2D eigenvalue weighted by Gasteiger charge is 2.31. The number of aryl methyl sites for hydroxylation is 2. The van der Waals surface area contributed by atoms with Crippen molar-refractivity contribution in [1.29, 1.82) is 0 Å². The summed E-state index contributed by atoms with van der Waals surface area (Å²) in [7, 11) is 0. The standard InChI is InChI=1S/C20H30N2O2S/c1-3-7-17-14-18(25-15(17)2)20(24)22-12-8-16(9-13-22)19(23)21-10-5-4-6-11-21/h14,16H,3-13H2,1-2H3. The highest BCUT2D eigenvalue weighted by atomic mass is 32.1. The molecule has 0 atom stereocenters. The van der Waals surface area contributed by atoms with Crippen molar-refractivity contribution in [3.05, 3.63) is 21.4 Å². The van der Waals surface area contributed by atoms with Gasteiger partial charge in [0, 0.05) is 37.0 Å². The van der Waals surface area contributed by atoms with Crippen LogP contribution >= 0.6 is 11.3 Å². The summed E-state index contributed by atoms with van der Waals surface area (Å²) in [5, 5.41) is 0. The number of carbonyl (C=O) groups is 2. The van der Waals surface area contributed by atoms with E-state index in [4.69, 9.17) is 0 Å². The first kappa shape index (κ1) is 18.4. The van der Waals surface area contributed by atoms with Crippen LogP contribution in [-0.4, -0.2) is 47.8 Å². The maximum atomic E-state index is 12.8. The van der Waals surface area contributed by atoms with Crippen LogP contribution in [0.1, 0.15) is 65.6 Å². The van der Waals surface area contributed by atoms with Gasteiger partial charge in [-0.25, -0.2) is 0 Å². The van der Waals surface area contributed by atoms with Gasteiger partial charge >= 0.3 is 0 Å². The molecule has 0 unspecified atom stereocenters. The molecular weight excluding hydrogens is 332 g/mol. The summed E-state index contributed by atoms with van der Waals surface area (Å²) in [5.74, 6) is 0.589. The van der Waals surface area contributed by atoms with Crippen molar-refractivity contribution < 1.29 is 9.59 Å². The lowest BCUT2D eigenvalue weighted by Gasteiger charge is -2.35. The molecule has 25 heavy (non-hydrogen) atoms. The van der Waals surface area contributed by atoms with Gasteiger partial charge in [-0.05, 0) is 57.1 Å². The number of rotatable bonds is 4. The predicted molar refractivity (Wildman–Crippen MR) is 102 cm³/mol. The molecule has 0 spiro atoms. The first-order valence-corrected chi connectivity index (χ1v) is 10.6. The van der Waals surface area contributed by atoms with Crippen molar-refractivity contribution in [2.45, 2.75) is 58.8 Å². The van der Waals surface area contributed by atoms with E-state index in [9.17, 15) is 9.59 Å². The van der Waals surface area contributed by atoms with Crippen molar-refractivity contribution in [2.75, 3.05) is 26.2 Å². The number of hydrogen-bond acceptors (Lipinski definition) is 3. The van der Waals surface area contributed by atoms with Gasteiger partial charge in [0.1, 0.15) is 0 Å². The van der Waals surface area contributed by atoms with Crippen LogP contribution in [0, 0.1) is 12.8 Å². The highest BCUT2D eigenvalue weighted by molar-refractivity contribution is 7.14. The van der Waals surface area contributed by atoms with Crippen molar-refractivity contribution in [3.8, 4) is 0 Å². The minimum absolute atomic E-state index is 0.114. The maximum absolute atomic E-state index is 12.8. The SMILES string of the molecule is CCCc1cc(C(=O)N2CCC(C(=O)N3CCCCC3)CC2)sc1C. The third-order valence-corrected chi connectivity index (χ3v) is 6.63. The molecule has 1 aromatic rings. The Morgan fingerprint density at radius 2 is 1.76 bits per heavy atom. The lowest BCUT2D eigenvalue weighted by molar-refractivity contribution is -0.137. The zero-order chi connectivity index (χ0) is 17.8. The third-order valence-electron chi connectivity index (χ3n) is 5.55. The first-order valence-electron chi connectivity index (χ1n) is 9.77. The fourth-order valence-electron chi connectivity index (χ4n) is 4.00. The zero-order valence-corrected chi connectivity index (χ0v) is 16.4. The van der Waals surface area contributed by atoms with Crippen LogP contribution in [0.4, 0.5) is 0 Å². The van der Waals surface area contributed by atoms with Gasteiger partial charge in [0.05, 0.1) is 4.88 Å². The van der Waals surface area contributed by atoms with Crippen LogP contribution in [0.2, 0.25) is 0 Å². The third kappa shape index (κ3) is 4.25. The number of carbonyl (C=O) groups excluding carboxylic acids is 2. The Bertz CT molecular complexity index is 611. The van der Waals surface area contributed by atoms with Gasteiger partial charge in [0.15, 0.2) is 0 Å². The quantitative estimate of drug-likeness (QED) is 0.816. The number of hydrogen-bond donors (Lipinski definition) is 0. The molecule has 2 fully saturated rings. The van der Waals surface area contributed by atoms with Crippen molar-refractivity contribution in [2.24, 2.45) is 5.92 Å². The molecule has 0 aromatic carbocycles. The van der Waals surface area contributed by atoms with Crippen LogP contribution in [0.3, 0.4) is 0 Å². The Morgan fingerprint density at radius 3 is 2.40 bits per heavy atom. The topological polar surface area (TPSA) is 40.6 Å². The Labute approximate surface area is 155 Å². The Morgan fingerprint density at radius 1 is 1.08 bits per heavy atom. The largest absolute Gasteiger partial charge is 0.342 e. The van der Waals surface area contributed by atoms with E-state index < -0.39 is 0 Å². The second-order valence-corrected chi connectivity index (χ2v) is 8.65. The molecule has 0 radical (unpaired) electrons. The molecule has 0 aliphatic carbocycles. The van der Waals surface area contributed by atoms with Gasteiger partial charge in [0.25, 0.3) is 5.91 Å². The van der Waals surface area contributed by atoms with Crippen LogP contribution < -0.4 is 0 Å². The van der Waals surface area contributed by atoms with Gasteiger partial charge in [-0.15, -0.1) is 11.3 Å².